The second kappa shape index (κ2) is 8.44. The Kier molecular flexibility index (Phi) is 5.41. The van der Waals surface area contributed by atoms with E-state index in [-0.39, 0.29) is 5.78 Å². The summed E-state index contributed by atoms with van der Waals surface area (Å²) in [6.45, 7) is 2.00. The number of carbonyl (C=O) groups excluding carboxylic acids is 2. The summed E-state index contributed by atoms with van der Waals surface area (Å²) in [5.41, 5.74) is 8.31. The van der Waals surface area contributed by atoms with Crippen LogP contribution in [0, 0.1) is 23.7 Å². The molecule has 3 aromatic rings. The van der Waals surface area contributed by atoms with Crippen molar-refractivity contribution in [2.75, 3.05) is 12.0 Å². The Morgan fingerprint density at radius 3 is 2.51 bits per heavy atom. The number of carbonyl (C=O) groups is 2. The predicted octanol–water partition coefficient (Wildman–Crippen LogP) is 4.25. The van der Waals surface area contributed by atoms with E-state index in [1.54, 1.807) is 31.4 Å². The maximum Gasteiger partial charge on any atom is 0.241 e. The van der Waals surface area contributed by atoms with Crippen molar-refractivity contribution in [3.63, 3.8) is 0 Å². The number of fused-ring (bicyclic) bond motifs is 3. The molecule has 2 N–H and O–H groups in total. The highest BCUT2D eigenvalue weighted by molar-refractivity contribution is 6.06. The van der Waals surface area contributed by atoms with Crippen molar-refractivity contribution >= 4 is 23.5 Å². The highest BCUT2D eigenvalue weighted by Crippen LogP contribution is 2.55. The molecule has 0 spiro atoms. The third-order valence-electron chi connectivity index (χ3n) is 7.17. The summed E-state index contributed by atoms with van der Waals surface area (Å²) in [5.74, 6) is -1.18. The quantitative estimate of drug-likeness (QED) is 0.571. The Hall–Kier alpha value is -4.37. The zero-order valence-electron chi connectivity index (χ0n) is 19.5. The van der Waals surface area contributed by atoms with Gasteiger partial charge < -0.3 is 15.4 Å². The van der Waals surface area contributed by atoms with E-state index < -0.39 is 29.3 Å². The van der Waals surface area contributed by atoms with Crippen LogP contribution < -0.4 is 15.4 Å². The topological polar surface area (TPSA) is 96.4 Å². The molecule has 4 unspecified atom stereocenters. The molecule has 0 radical (unpaired) electrons. The number of benzene rings is 3. The zero-order valence-corrected chi connectivity index (χ0v) is 19.5. The van der Waals surface area contributed by atoms with Crippen LogP contribution in [0.5, 0.6) is 5.75 Å². The minimum absolute atomic E-state index is 0.206. The first kappa shape index (κ1) is 22.4. The molecule has 0 bridgehead atoms. The van der Waals surface area contributed by atoms with E-state index in [0.29, 0.717) is 16.9 Å². The molecule has 2 heterocycles. The lowest BCUT2D eigenvalue weighted by Gasteiger charge is -2.36. The summed E-state index contributed by atoms with van der Waals surface area (Å²) in [5, 5.41) is 10.6. The maximum atomic E-state index is 14.3. The van der Waals surface area contributed by atoms with Crippen LogP contribution in [0.3, 0.4) is 0 Å². The van der Waals surface area contributed by atoms with Gasteiger partial charge in [-0.3, -0.25) is 9.59 Å². The third kappa shape index (κ3) is 3.31. The summed E-state index contributed by atoms with van der Waals surface area (Å²) in [6.07, 6.45) is 3.75. The van der Waals surface area contributed by atoms with E-state index in [1.165, 1.54) is 0 Å². The average molecular weight is 464 g/mol. The fraction of sp³-hybridized carbons (Fsp3) is 0.207. The number of hydrogen-bond acceptors (Lipinski definition) is 5. The lowest BCUT2D eigenvalue weighted by molar-refractivity contribution is -0.125. The summed E-state index contributed by atoms with van der Waals surface area (Å²) in [6, 6.07) is 22.9. The molecule has 1 amide bonds. The van der Waals surface area contributed by atoms with Crippen LogP contribution >= 0.6 is 0 Å². The van der Waals surface area contributed by atoms with Crippen LogP contribution in [0.2, 0.25) is 0 Å². The van der Waals surface area contributed by atoms with Crippen LogP contribution in [0.1, 0.15) is 33.0 Å². The SMILES string of the molecule is COc1cccc(C(=O)C2C(c3ccccc3)C(C#N)(C(N)=O)C3C=Cc4cc(C)ccc4N23)c1. The molecule has 1 saturated heterocycles. The Balaban J connectivity index is 1.80. The number of primary amides is 1. The fourth-order valence-electron chi connectivity index (χ4n) is 5.59. The van der Waals surface area contributed by atoms with E-state index in [9.17, 15) is 14.9 Å². The molecule has 6 heteroatoms. The summed E-state index contributed by atoms with van der Waals surface area (Å²) >= 11 is 0. The molecule has 0 saturated carbocycles. The predicted molar refractivity (Wildman–Crippen MR) is 134 cm³/mol. The maximum absolute atomic E-state index is 14.3. The Morgan fingerprint density at radius 2 is 1.83 bits per heavy atom. The fourth-order valence-corrected chi connectivity index (χ4v) is 5.59. The van der Waals surface area contributed by atoms with Crippen LogP contribution in [0.4, 0.5) is 5.69 Å². The van der Waals surface area contributed by atoms with Gasteiger partial charge in [-0.25, -0.2) is 0 Å². The van der Waals surface area contributed by atoms with Gasteiger partial charge in [-0.05, 0) is 42.3 Å². The van der Waals surface area contributed by atoms with Crippen LogP contribution in [-0.2, 0) is 4.79 Å². The average Bonchev–Trinajstić information content (AvgIpc) is 3.20. The van der Waals surface area contributed by atoms with E-state index in [1.807, 2.05) is 72.5 Å². The molecular formula is C29H25N3O3. The van der Waals surface area contributed by atoms with Gasteiger partial charge in [-0.2, -0.15) is 5.26 Å². The van der Waals surface area contributed by atoms with Gasteiger partial charge in [0.15, 0.2) is 11.2 Å². The van der Waals surface area contributed by atoms with Gasteiger partial charge in [0.05, 0.1) is 19.2 Å². The number of Topliss-reactive ketones (excluding diaryl/α,β-unsaturated/α-hetero) is 1. The van der Waals surface area contributed by atoms with Crippen LogP contribution in [0.15, 0.2) is 78.9 Å². The second-order valence-corrected chi connectivity index (χ2v) is 9.05. The van der Waals surface area contributed by atoms with Crippen molar-refractivity contribution in [3.8, 4) is 11.8 Å². The zero-order chi connectivity index (χ0) is 24.7. The second-order valence-electron chi connectivity index (χ2n) is 9.05. The Bertz CT molecular complexity index is 1390. The molecule has 0 aliphatic carbocycles. The number of ether oxygens (including phenoxy) is 1. The van der Waals surface area contributed by atoms with Crippen molar-refractivity contribution in [3.05, 3.63) is 101 Å². The molecule has 1 fully saturated rings. The normalized spacial score (nSPS) is 24.3. The van der Waals surface area contributed by atoms with Crippen molar-refractivity contribution < 1.29 is 14.3 Å². The van der Waals surface area contributed by atoms with Gasteiger partial charge in [0.2, 0.25) is 5.91 Å². The van der Waals surface area contributed by atoms with Gasteiger partial charge in [0.1, 0.15) is 11.8 Å². The van der Waals surface area contributed by atoms with E-state index in [4.69, 9.17) is 10.5 Å². The Labute approximate surface area is 204 Å². The minimum atomic E-state index is -1.65. The smallest absolute Gasteiger partial charge is 0.241 e. The molecule has 0 aromatic heterocycles. The molecule has 174 valence electrons. The van der Waals surface area contributed by atoms with Gasteiger partial charge in [-0.1, -0.05) is 66.2 Å². The summed E-state index contributed by atoms with van der Waals surface area (Å²) in [7, 11) is 1.55. The molecule has 5 rings (SSSR count). The summed E-state index contributed by atoms with van der Waals surface area (Å²) in [4.78, 5) is 29.4. The van der Waals surface area contributed by atoms with Gasteiger partial charge in [0.25, 0.3) is 0 Å². The van der Waals surface area contributed by atoms with Crippen molar-refractivity contribution in [1.29, 1.82) is 5.26 Å². The van der Waals surface area contributed by atoms with Crippen molar-refractivity contribution in [2.24, 2.45) is 11.1 Å². The molecular weight excluding hydrogens is 438 g/mol. The lowest BCUT2D eigenvalue weighted by Crippen LogP contribution is -2.49. The van der Waals surface area contributed by atoms with Crippen LogP contribution in [0.25, 0.3) is 6.08 Å². The summed E-state index contributed by atoms with van der Waals surface area (Å²) < 4.78 is 5.35. The highest BCUT2D eigenvalue weighted by Gasteiger charge is 2.65. The number of nitriles is 1. The highest BCUT2D eigenvalue weighted by atomic mass is 16.5. The number of ketones is 1. The minimum Gasteiger partial charge on any atom is -0.497 e. The van der Waals surface area contributed by atoms with E-state index in [2.05, 4.69) is 6.07 Å². The number of rotatable bonds is 5. The number of nitrogens with two attached hydrogens (primary N) is 1. The number of amides is 1. The van der Waals surface area contributed by atoms with E-state index >= 15 is 0 Å². The van der Waals surface area contributed by atoms with Gasteiger partial charge >= 0.3 is 0 Å². The first-order valence-corrected chi connectivity index (χ1v) is 11.4. The van der Waals surface area contributed by atoms with Crippen molar-refractivity contribution in [2.45, 2.75) is 24.9 Å². The Morgan fingerprint density at radius 1 is 1.06 bits per heavy atom. The number of hydrogen-bond donors (Lipinski definition) is 1. The van der Waals surface area contributed by atoms with Crippen molar-refractivity contribution in [1.82, 2.24) is 0 Å². The van der Waals surface area contributed by atoms with Gasteiger partial charge in [-0.15, -0.1) is 0 Å². The number of anilines is 1. The number of aryl methyl sites for hydroxylation is 1. The van der Waals surface area contributed by atoms with E-state index in [0.717, 1.165) is 16.8 Å². The standard InChI is InChI=1S/C29H25N3O3/c1-18-11-13-23-20(15-18)12-14-24-29(17-30,28(31)34)25(19-7-4-3-5-8-19)26(32(23)24)27(33)21-9-6-10-22(16-21)35-2/h3-16,24-26H,1-2H3,(H2,31,34). The molecule has 4 atom stereocenters. The molecule has 2 aliphatic heterocycles. The number of methoxy groups -OCH3 is 1. The monoisotopic (exact) mass is 463 g/mol. The molecule has 35 heavy (non-hydrogen) atoms. The third-order valence-corrected chi connectivity index (χ3v) is 7.17. The molecule has 3 aromatic carbocycles. The molecule has 6 nitrogen and oxygen atoms in total. The van der Waals surface area contributed by atoms with Crippen LogP contribution in [-0.4, -0.2) is 30.9 Å². The lowest BCUT2D eigenvalue weighted by atomic mass is 9.67. The molecule has 2 aliphatic rings. The first-order chi connectivity index (χ1) is 16.9. The first-order valence-electron chi connectivity index (χ1n) is 11.4. The largest absolute Gasteiger partial charge is 0.497 e. The van der Waals surface area contributed by atoms with Gasteiger partial charge in [0, 0.05) is 17.2 Å². The number of nitrogens with zero attached hydrogens (tertiary/aromatic N) is 2.